The molecule has 0 spiro atoms. The number of carbonyl (C=O) groups excluding carboxylic acids is 1. The van der Waals surface area contributed by atoms with Crippen LogP contribution in [0.4, 0.5) is 0 Å². The number of aliphatic imine (C=N–C) groups is 1. The number of thiazole rings is 1. The van der Waals surface area contributed by atoms with E-state index in [1.54, 1.807) is 30.3 Å². The zero-order valence-corrected chi connectivity index (χ0v) is 15.0. The Balaban J connectivity index is 2.60. The molecular weight excluding hydrogens is 298 g/mol. The zero-order valence-electron chi connectivity index (χ0n) is 14.2. The van der Waals surface area contributed by atoms with Crippen molar-refractivity contribution in [3.8, 4) is 0 Å². The maximum Gasteiger partial charge on any atom is 0.243 e. The average molecular weight is 325 g/mol. The molecule has 0 aliphatic heterocycles. The molecule has 7 heteroatoms. The van der Waals surface area contributed by atoms with Crippen molar-refractivity contribution in [1.29, 1.82) is 0 Å². The first-order valence-electron chi connectivity index (χ1n) is 7.55. The molecule has 0 bridgehead atoms. The van der Waals surface area contributed by atoms with Gasteiger partial charge >= 0.3 is 0 Å². The molecule has 0 fully saturated rings. The lowest BCUT2D eigenvalue weighted by atomic mass is 10.4. The lowest BCUT2D eigenvalue weighted by Crippen LogP contribution is -2.41. The smallest absolute Gasteiger partial charge is 0.243 e. The molecule has 0 radical (unpaired) electrons. The molecule has 0 unspecified atom stereocenters. The molecule has 22 heavy (non-hydrogen) atoms. The molecule has 0 saturated carbocycles. The van der Waals surface area contributed by atoms with E-state index in [2.05, 4.69) is 34.0 Å². The highest BCUT2D eigenvalue weighted by molar-refractivity contribution is 7.11. The maximum absolute atomic E-state index is 11.7. The predicted octanol–water partition coefficient (Wildman–Crippen LogP) is 1.37. The van der Waals surface area contributed by atoms with E-state index in [0.29, 0.717) is 0 Å². The summed E-state index contributed by atoms with van der Waals surface area (Å²) in [7, 11) is 5.47. The van der Waals surface area contributed by atoms with Gasteiger partial charge in [-0.3, -0.25) is 4.79 Å². The summed E-state index contributed by atoms with van der Waals surface area (Å²) in [6, 6.07) is 0. The van der Waals surface area contributed by atoms with Crippen molar-refractivity contribution in [3.63, 3.8) is 0 Å². The summed E-state index contributed by atoms with van der Waals surface area (Å²) in [4.78, 5) is 25.3. The number of likely N-dealkylation sites (N-methyl/N-ethyl adjacent to an activating group) is 2. The molecule has 1 rings (SSSR count). The van der Waals surface area contributed by atoms with Gasteiger partial charge in [0.2, 0.25) is 5.91 Å². The molecule has 1 aromatic rings. The van der Waals surface area contributed by atoms with Gasteiger partial charge < -0.3 is 15.1 Å². The topological polar surface area (TPSA) is 60.8 Å². The normalized spacial score (nSPS) is 11.4. The van der Waals surface area contributed by atoms with Crippen molar-refractivity contribution >= 4 is 23.2 Å². The van der Waals surface area contributed by atoms with E-state index in [-0.39, 0.29) is 12.5 Å². The molecule has 1 aromatic heterocycles. The van der Waals surface area contributed by atoms with Crippen LogP contribution in [0.25, 0.3) is 0 Å². The van der Waals surface area contributed by atoms with E-state index < -0.39 is 0 Å². The summed E-state index contributed by atoms with van der Waals surface area (Å²) in [5, 5.41) is 4.42. The molecule has 0 atom stereocenters. The number of carbonyl (C=O) groups is 1. The van der Waals surface area contributed by atoms with Gasteiger partial charge in [0.1, 0.15) is 6.54 Å². The van der Waals surface area contributed by atoms with Crippen LogP contribution in [0.15, 0.2) is 11.2 Å². The second kappa shape index (κ2) is 9.40. The number of amides is 1. The first-order valence-corrected chi connectivity index (χ1v) is 8.36. The molecule has 1 heterocycles. The van der Waals surface area contributed by atoms with E-state index in [1.165, 1.54) is 4.88 Å². The van der Waals surface area contributed by atoms with Crippen molar-refractivity contribution in [1.82, 2.24) is 20.1 Å². The Kier molecular flexibility index (Phi) is 7.87. The predicted molar refractivity (Wildman–Crippen MR) is 92.5 cm³/mol. The first kappa shape index (κ1) is 18.4. The summed E-state index contributed by atoms with van der Waals surface area (Å²) in [6.07, 6.45) is 3.80. The van der Waals surface area contributed by atoms with Crippen LogP contribution in [0, 0.1) is 6.92 Å². The minimum Gasteiger partial charge on any atom is -0.356 e. The standard InChI is InChI=1S/C15H27N5OS/c1-6-8-16-15(18-11-14(21)19(3)4)20(5)9-7-13-17-10-12(2)22-13/h10H,6-9,11H2,1-5H3,(H,16,18). The Labute approximate surface area is 137 Å². The Morgan fingerprint density at radius 1 is 1.41 bits per heavy atom. The van der Waals surface area contributed by atoms with E-state index in [0.717, 1.165) is 36.9 Å². The van der Waals surface area contributed by atoms with E-state index in [1.807, 2.05) is 13.2 Å². The van der Waals surface area contributed by atoms with Crippen LogP contribution >= 0.6 is 11.3 Å². The number of rotatable bonds is 7. The first-order chi connectivity index (χ1) is 10.4. The Morgan fingerprint density at radius 2 is 2.14 bits per heavy atom. The highest BCUT2D eigenvalue weighted by Crippen LogP contribution is 2.11. The quantitative estimate of drug-likeness (QED) is 0.607. The highest BCUT2D eigenvalue weighted by atomic mass is 32.1. The van der Waals surface area contributed by atoms with Gasteiger partial charge in [0.05, 0.1) is 5.01 Å². The largest absolute Gasteiger partial charge is 0.356 e. The second-order valence-electron chi connectivity index (χ2n) is 5.39. The molecule has 0 aliphatic rings. The van der Waals surface area contributed by atoms with Gasteiger partial charge in [0.15, 0.2) is 5.96 Å². The van der Waals surface area contributed by atoms with Crippen molar-refractivity contribution < 1.29 is 4.79 Å². The fourth-order valence-electron chi connectivity index (χ4n) is 1.72. The monoisotopic (exact) mass is 325 g/mol. The van der Waals surface area contributed by atoms with Crippen LogP contribution in [-0.2, 0) is 11.2 Å². The third-order valence-corrected chi connectivity index (χ3v) is 4.06. The highest BCUT2D eigenvalue weighted by Gasteiger charge is 2.09. The molecule has 124 valence electrons. The van der Waals surface area contributed by atoms with E-state index in [4.69, 9.17) is 0 Å². The van der Waals surface area contributed by atoms with Gasteiger partial charge in [-0.1, -0.05) is 6.92 Å². The fraction of sp³-hybridized carbons (Fsp3) is 0.667. The van der Waals surface area contributed by atoms with Crippen LogP contribution in [0.5, 0.6) is 0 Å². The van der Waals surface area contributed by atoms with Crippen LogP contribution < -0.4 is 5.32 Å². The molecule has 1 amide bonds. The Morgan fingerprint density at radius 3 is 2.68 bits per heavy atom. The summed E-state index contributed by atoms with van der Waals surface area (Å²) in [5.74, 6) is 0.769. The van der Waals surface area contributed by atoms with Crippen LogP contribution in [0.3, 0.4) is 0 Å². The number of nitrogens with zero attached hydrogens (tertiary/aromatic N) is 4. The second-order valence-corrected chi connectivity index (χ2v) is 6.71. The van der Waals surface area contributed by atoms with Gasteiger partial charge in [-0.15, -0.1) is 11.3 Å². The van der Waals surface area contributed by atoms with Crippen molar-refractivity contribution in [3.05, 3.63) is 16.1 Å². The van der Waals surface area contributed by atoms with E-state index >= 15 is 0 Å². The third-order valence-electron chi connectivity index (χ3n) is 3.09. The Hall–Kier alpha value is -1.63. The summed E-state index contributed by atoms with van der Waals surface area (Å²) in [6.45, 7) is 6.00. The molecular formula is C15H27N5OS. The number of hydrogen-bond donors (Lipinski definition) is 1. The van der Waals surface area contributed by atoms with Gasteiger partial charge in [0, 0.05) is 51.7 Å². The summed E-state index contributed by atoms with van der Waals surface area (Å²) >= 11 is 1.72. The third kappa shape index (κ3) is 6.43. The summed E-state index contributed by atoms with van der Waals surface area (Å²) in [5.41, 5.74) is 0. The van der Waals surface area contributed by atoms with Gasteiger partial charge in [-0.05, 0) is 13.3 Å². The molecule has 0 aromatic carbocycles. The number of hydrogen-bond acceptors (Lipinski definition) is 4. The van der Waals surface area contributed by atoms with Crippen molar-refractivity contribution in [2.24, 2.45) is 4.99 Å². The number of aromatic nitrogens is 1. The van der Waals surface area contributed by atoms with Crippen LogP contribution in [0.1, 0.15) is 23.2 Å². The van der Waals surface area contributed by atoms with E-state index in [9.17, 15) is 4.79 Å². The van der Waals surface area contributed by atoms with Crippen molar-refractivity contribution in [2.75, 3.05) is 40.8 Å². The number of nitrogens with one attached hydrogen (secondary N) is 1. The molecule has 6 nitrogen and oxygen atoms in total. The van der Waals surface area contributed by atoms with Crippen LogP contribution in [0.2, 0.25) is 0 Å². The SMILES string of the molecule is CCCNC(=NCC(=O)N(C)C)N(C)CCc1ncc(C)s1. The fourth-order valence-corrected chi connectivity index (χ4v) is 2.49. The molecule has 0 saturated heterocycles. The summed E-state index contributed by atoms with van der Waals surface area (Å²) < 4.78 is 0. The maximum atomic E-state index is 11.7. The molecule has 1 N–H and O–H groups in total. The minimum atomic E-state index is -0.000235. The van der Waals surface area contributed by atoms with Crippen LogP contribution in [-0.4, -0.2) is 67.4 Å². The lowest BCUT2D eigenvalue weighted by Gasteiger charge is -2.22. The lowest BCUT2D eigenvalue weighted by molar-refractivity contribution is -0.127. The van der Waals surface area contributed by atoms with Gasteiger partial charge in [-0.25, -0.2) is 9.98 Å². The number of aryl methyl sites for hydroxylation is 1. The zero-order chi connectivity index (χ0) is 16.5. The Bertz CT molecular complexity index is 498. The average Bonchev–Trinajstić information content (AvgIpc) is 2.90. The van der Waals surface area contributed by atoms with Crippen molar-refractivity contribution in [2.45, 2.75) is 26.7 Å². The van der Waals surface area contributed by atoms with Gasteiger partial charge in [0.25, 0.3) is 0 Å². The number of guanidine groups is 1. The molecule has 0 aliphatic carbocycles. The van der Waals surface area contributed by atoms with Gasteiger partial charge in [-0.2, -0.15) is 0 Å². The minimum absolute atomic E-state index is 0.000235.